The van der Waals surface area contributed by atoms with Gasteiger partial charge in [-0.2, -0.15) is 0 Å². The second kappa shape index (κ2) is 35.5. The van der Waals surface area contributed by atoms with Gasteiger partial charge in [0.2, 0.25) is 0 Å². The van der Waals surface area contributed by atoms with E-state index in [1.54, 1.807) is 22.7 Å². The molecule has 0 N–H and O–H groups in total. The highest BCUT2D eigenvalue weighted by molar-refractivity contribution is 7.38. The Kier molecular flexibility index (Phi) is 25.8. The van der Waals surface area contributed by atoms with Gasteiger partial charge in [0, 0.05) is 43.8 Å². The van der Waals surface area contributed by atoms with Crippen LogP contribution in [0.5, 0.6) is 11.5 Å². The Labute approximate surface area is 664 Å². The predicted octanol–water partition coefficient (Wildman–Crippen LogP) is 31.0. The Balaban J connectivity index is 1.03. The van der Waals surface area contributed by atoms with Gasteiger partial charge < -0.3 is 9.47 Å². The molecule has 2 unspecified atom stereocenters. The van der Waals surface area contributed by atoms with Gasteiger partial charge in [0.15, 0.2) is 12.6 Å². The van der Waals surface area contributed by atoms with Crippen LogP contribution in [-0.2, 0) is 36.5 Å². The molecule has 0 aliphatic heterocycles. The molecule has 556 valence electrons. The van der Waals surface area contributed by atoms with Crippen molar-refractivity contribution in [1.29, 1.82) is 0 Å². The lowest BCUT2D eigenvalue weighted by Crippen LogP contribution is -2.29. The fourth-order valence-corrected chi connectivity index (χ4v) is 28.0. The number of ether oxygens (including phenoxy) is 2. The van der Waals surface area contributed by atoms with Crippen LogP contribution < -0.4 is 9.47 Å². The molecule has 106 heavy (non-hydrogen) atoms. The number of benzene rings is 4. The van der Waals surface area contributed by atoms with E-state index < -0.39 is 10.8 Å². The lowest BCUT2D eigenvalue weighted by molar-refractivity contribution is 0.111. The number of rotatable bonds is 42. The molecule has 0 amide bonds. The molecule has 2 atom stereocenters. The molecular weight excluding hydrogens is 1450 g/mol. The van der Waals surface area contributed by atoms with E-state index in [1.165, 1.54) is 253 Å². The zero-order valence-electron chi connectivity index (χ0n) is 64.0. The van der Waals surface area contributed by atoms with Crippen molar-refractivity contribution in [2.24, 2.45) is 11.8 Å². The summed E-state index contributed by atoms with van der Waals surface area (Å²) in [6, 6.07) is 49.1. The number of thiophene rings is 8. The Morgan fingerprint density at radius 3 is 0.915 bits per heavy atom. The largest absolute Gasteiger partial charge is 0.492 e. The first kappa shape index (κ1) is 76.9. The summed E-state index contributed by atoms with van der Waals surface area (Å²) in [6.07, 6.45) is 35.2. The number of aryl methyl sites for hydroxylation is 4. The molecule has 12 aromatic rings. The van der Waals surface area contributed by atoms with Gasteiger partial charge in [0.05, 0.1) is 91.6 Å². The van der Waals surface area contributed by atoms with Gasteiger partial charge in [-0.05, 0) is 133 Å². The maximum atomic E-state index is 12.8. The van der Waals surface area contributed by atoms with Gasteiger partial charge in [-0.1, -0.05) is 268 Å². The maximum Gasteiger partial charge on any atom is 0.160 e. The summed E-state index contributed by atoms with van der Waals surface area (Å²) in [6.45, 7) is 19.7. The van der Waals surface area contributed by atoms with E-state index in [2.05, 4.69) is 187 Å². The Hall–Kier alpha value is -5.80. The second-order valence-electron chi connectivity index (χ2n) is 30.4. The van der Waals surface area contributed by atoms with E-state index in [0.717, 1.165) is 85.2 Å². The van der Waals surface area contributed by atoms with Crippen molar-refractivity contribution in [3.8, 4) is 50.5 Å². The van der Waals surface area contributed by atoms with Gasteiger partial charge in [-0.25, -0.2) is 0 Å². The molecule has 8 heterocycles. The lowest BCUT2D eigenvalue weighted by Gasteiger charge is -2.34. The number of hydrogen-bond donors (Lipinski definition) is 0. The van der Waals surface area contributed by atoms with E-state index in [1.807, 2.05) is 57.5 Å². The third kappa shape index (κ3) is 15.1. The molecule has 0 saturated heterocycles. The smallest absolute Gasteiger partial charge is 0.160 e. The summed E-state index contributed by atoms with van der Waals surface area (Å²) in [5.74, 6) is 2.59. The molecule has 0 saturated carbocycles. The van der Waals surface area contributed by atoms with Crippen molar-refractivity contribution in [3.63, 3.8) is 0 Å². The van der Waals surface area contributed by atoms with Crippen LogP contribution in [0.2, 0.25) is 0 Å². The molecule has 0 bridgehead atoms. The molecular formula is C94H108O4S8. The van der Waals surface area contributed by atoms with Crippen molar-refractivity contribution < 1.29 is 19.1 Å². The summed E-state index contributed by atoms with van der Waals surface area (Å²) in [5, 5.41) is 0. The molecule has 12 heteroatoms. The third-order valence-electron chi connectivity index (χ3n) is 23.1. The van der Waals surface area contributed by atoms with Gasteiger partial charge in [-0.15, -0.1) is 90.7 Å². The summed E-state index contributed by atoms with van der Waals surface area (Å²) in [7, 11) is 0. The molecule has 4 nitrogen and oxygen atoms in total. The third-order valence-corrected chi connectivity index (χ3v) is 33.3. The highest BCUT2D eigenvalue weighted by atomic mass is 32.1. The van der Waals surface area contributed by atoms with Crippen molar-refractivity contribution in [2.45, 2.75) is 246 Å². The van der Waals surface area contributed by atoms with Crippen LogP contribution in [0.1, 0.15) is 296 Å². The summed E-state index contributed by atoms with van der Waals surface area (Å²) in [5.41, 5.74) is 15.3. The summed E-state index contributed by atoms with van der Waals surface area (Å²) in [4.78, 5) is 37.1. The summed E-state index contributed by atoms with van der Waals surface area (Å²) >= 11 is 15.1. The predicted molar refractivity (Wildman–Crippen MR) is 467 cm³/mol. The number of hydrogen-bond acceptors (Lipinski definition) is 12. The zero-order chi connectivity index (χ0) is 73.3. The number of carbonyl (C=O) groups excluding carboxylic acids is 2. The zero-order valence-corrected chi connectivity index (χ0v) is 70.5. The van der Waals surface area contributed by atoms with Gasteiger partial charge in [0.25, 0.3) is 0 Å². The standard InChI is InChI=1S/C94H108O4S8/c1-9-17-23-27-33-63-37-45-67(46-38-63)93(68-47-39-64(40-48-68)34-28-24-18-10-2)79-85-77(55-75(101-85)83-73(53-71(57-95)99-83)97-59-61(15-7)31-21-13-5)103-87(79)89-81(93)91-92(105-89)82-90(106-91)88-80(86-78(104-88)56-76(102-86)84-74(54-72(58-96)100-84)98-60-62(16-8)32-22-14-6)94(82,69-49-41-65(42-50-69)35-29-25-19-11-3)70-51-43-66(44-52-70)36-30-26-20-12-4/h37-58,61-62H,9-36,59-60H2,1-8H3. The topological polar surface area (TPSA) is 52.6 Å². The minimum atomic E-state index is -0.678. The first-order valence-electron chi connectivity index (χ1n) is 40.7. The molecule has 0 fully saturated rings. The van der Waals surface area contributed by atoms with Crippen LogP contribution in [0.4, 0.5) is 0 Å². The number of unbranched alkanes of at least 4 members (excludes halogenated alkanes) is 14. The first-order valence-corrected chi connectivity index (χ1v) is 47.2. The van der Waals surface area contributed by atoms with Crippen LogP contribution in [0.25, 0.3) is 67.2 Å². The molecule has 2 aliphatic carbocycles. The van der Waals surface area contributed by atoms with E-state index >= 15 is 0 Å². The van der Waals surface area contributed by atoms with Crippen LogP contribution in [0.3, 0.4) is 0 Å². The Morgan fingerprint density at radius 2 is 0.623 bits per heavy atom. The fraction of sp³-hybridized carbons (Fsp3) is 0.447. The van der Waals surface area contributed by atoms with E-state index in [9.17, 15) is 9.59 Å². The monoisotopic (exact) mass is 1560 g/mol. The SMILES string of the molecule is CCCCCCc1ccc(C2(c3ccc(CCCCCC)cc3)c3c(sc4cc(-c5sc(C=O)cc5OCC(CC)CCCC)sc34)-c3sc4c5c(sc4c32)-c2sc3cc(-c4sc(C=O)cc4OCC(CC)CCCC)sc3c2C5(c2ccc(CCCCCC)cc2)c2ccc(CCCCCC)cc2)cc1. The molecule has 0 radical (unpaired) electrons. The summed E-state index contributed by atoms with van der Waals surface area (Å²) < 4.78 is 21.8. The fourth-order valence-electron chi connectivity index (χ4n) is 17.1. The minimum absolute atomic E-state index is 0.461. The number of fused-ring (bicyclic) bond motifs is 13. The van der Waals surface area contributed by atoms with Crippen LogP contribution in [0, 0.1) is 11.8 Å². The van der Waals surface area contributed by atoms with Crippen molar-refractivity contribution >= 4 is 131 Å². The number of aldehydes is 2. The number of carbonyl (C=O) groups is 2. The molecule has 0 spiro atoms. The molecule has 2 aliphatic rings. The van der Waals surface area contributed by atoms with E-state index in [0.29, 0.717) is 34.8 Å². The minimum Gasteiger partial charge on any atom is -0.492 e. The normalized spacial score (nSPS) is 14.0. The maximum absolute atomic E-state index is 12.8. The average Bonchev–Trinajstić information content (AvgIpc) is 1.48. The van der Waals surface area contributed by atoms with Crippen LogP contribution in [0.15, 0.2) is 121 Å². The average molecular weight is 1560 g/mol. The van der Waals surface area contributed by atoms with Gasteiger partial charge in [-0.3, -0.25) is 9.59 Å². The highest BCUT2D eigenvalue weighted by Crippen LogP contribution is 2.73. The van der Waals surface area contributed by atoms with E-state index in [4.69, 9.17) is 9.47 Å². The second-order valence-corrected chi connectivity index (χ2v) is 38.8. The van der Waals surface area contributed by atoms with Crippen molar-refractivity contribution in [1.82, 2.24) is 0 Å². The quantitative estimate of drug-likeness (QED) is 0.0283. The molecule has 8 aromatic heterocycles. The highest BCUT2D eigenvalue weighted by Gasteiger charge is 2.56. The van der Waals surface area contributed by atoms with Crippen LogP contribution >= 0.6 is 90.7 Å². The lowest BCUT2D eigenvalue weighted by atomic mass is 9.67. The molecule has 14 rings (SSSR count). The van der Waals surface area contributed by atoms with Gasteiger partial charge >= 0.3 is 0 Å². The first-order chi connectivity index (χ1) is 52.1. The van der Waals surface area contributed by atoms with E-state index in [-0.39, 0.29) is 0 Å². The van der Waals surface area contributed by atoms with Crippen molar-refractivity contribution in [2.75, 3.05) is 13.2 Å². The Bertz CT molecular complexity index is 4470. The van der Waals surface area contributed by atoms with Crippen molar-refractivity contribution in [3.05, 3.63) is 198 Å². The van der Waals surface area contributed by atoms with Gasteiger partial charge in [0.1, 0.15) is 11.5 Å². The van der Waals surface area contributed by atoms with Crippen LogP contribution in [-0.4, -0.2) is 25.8 Å². The Morgan fingerprint density at radius 1 is 0.321 bits per heavy atom. The molecule has 4 aromatic carbocycles.